The van der Waals surface area contributed by atoms with Gasteiger partial charge in [0.15, 0.2) is 13.4 Å². The molecule has 0 aromatic carbocycles. The summed E-state index contributed by atoms with van der Waals surface area (Å²) in [6, 6.07) is -0.0710. The molecule has 2 rings (SSSR count). The fourth-order valence-electron chi connectivity index (χ4n) is 2.46. The van der Waals surface area contributed by atoms with Crippen molar-refractivity contribution in [1.29, 1.82) is 0 Å². The molecule has 0 bridgehead atoms. The average molecular weight is 464 g/mol. The lowest BCUT2D eigenvalue weighted by Crippen LogP contribution is -2.53. The SMILES string of the molecule is CCC(CO[Si](C)(C)C(C)(C)C)NC(=O)c1csc(N2CC(OS(C)(=O)=O)C2)n1. The molecule has 11 heteroatoms. The van der Waals surface area contributed by atoms with E-state index in [0.717, 1.165) is 12.7 Å². The number of nitrogens with zero attached hydrogens (tertiary/aromatic N) is 2. The number of carbonyl (C=O) groups is 1. The second kappa shape index (κ2) is 9.01. The van der Waals surface area contributed by atoms with Gasteiger partial charge in [-0.25, -0.2) is 4.98 Å². The van der Waals surface area contributed by atoms with Gasteiger partial charge in [-0.2, -0.15) is 8.42 Å². The first-order valence-electron chi connectivity index (χ1n) is 9.75. The van der Waals surface area contributed by atoms with Crippen LogP contribution in [-0.2, 0) is 18.7 Å². The topological polar surface area (TPSA) is 97.8 Å². The molecule has 1 atom stereocenters. The first kappa shape index (κ1) is 24.3. The van der Waals surface area contributed by atoms with Crippen molar-refractivity contribution in [3.05, 3.63) is 11.1 Å². The highest BCUT2D eigenvalue weighted by molar-refractivity contribution is 7.86. The van der Waals surface area contributed by atoms with Crippen LogP contribution in [-0.4, -0.2) is 65.7 Å². The van der Waals surface area contributed by atoms with E-state index in [0.29, 0.717) is 30.5 Å². The van der Waals surface area contributed by atoms with Crippen molar-refractivity contribution in [2.75, 3.05) is 30.9 Å². The summed E-state index contributed by atoms with van der Waals surface area (Å²) in [6.45, 7) is 14.4. The average Bonchev–Trinajstić information content (AvgIpc) is 3.01. The molecular formula is C18H33N3O5S2Si. The van der Waals surface area contributed by atoms with E-state index in [1.807, 2.05) is 11.8 Å². The highest BCUT2D eigenvalue weighted by Gasteiger charge is 2.37. The first-order valence-corrected chi connectivity index (χ1v) is 15.4. The number of aromatic nitrogens is 1. The molecule has 0 radical (unpaired) electrons. The third-order valence-corrected chi connectivity index (χ3v) is 11.5. The summed E-state index contributed by atoms with van der Waals surface area (Å²) in [7, 11) is -5.33. The molecule has 0 aliphatic carbocycles. The number of hydrogen-bond donors (Lipinski definition) is 1. The van der Waals surface area contributed by atoms with Crippen molar-refractivity contribution in [2.24, 2.45) is 0 Å². The zero-order valence-electron chi connectivity index (χ0n) is 18.3. The Kier molecular flexibility index (Phi) is 7.53. The van der Waals surface area contributed by atoms with Crippen molar-refractivity contribution >= 4 is 40.8 Å². The summed E-state index contributed by atoms with van der Waals surface area (Å²) < 4.78 is 33.5. The van der Waals surface area contributed by atoms with Crippen LogP contribution >= 0.6 is 11.3 Å². The Labute approximate surface area is 179 Å². The quantitative estimate of drug-likeness (QED) is 0.444. The van der Waals surface area contributed by atoms with Gasteiger partial charge in [0, 0.05) is 18.5 Å². The monoisotopic (exact) mass is 463 g/mol. The molecule has 1 fully saturated rings. The van der Waals surface area contributed by atoms with Gasteiger partial charge < -0.3 is 14.6 Å². The maximum Gasteiger partial charge on any atom is 0.271 e. The number of rotatable bonds is 9. The van der Waals surface area contributed by atoms with Crippen molar-refractivity contribution in [3.8, 4) is 0 Å². The molecule has 166 valence electrons. The van der Waals surface area contributed by atoms with Gasteiger partial charge in [0.25, 0.3) is 16.0 Å². The molecule has 1 N–H and O–H groups in total. The van der Waals surface area contributed by atoms with Crippen LogP contribution in [0.1, 0.15) is 44.6 Å². The molecule has 1 aromatic rings. The van der Waals surface area contributed by atoms with E-state index >= 15 is 0 Å². The lowest BCUT2D eigenvalue weighted by Gasteiger charge is -2.37. The molecule has 1 saturated heterocycles. The van der Waals surface area contributed by atoms with Crippen LogP contribution in [0, 0.1) is 0 Å². The second-order valence-electron chi connectivity index (χ2n) is 8.99. The van der Waals surface area contributed by atoms with Gasteiger partial charge in [0.2, 0.25) is 0 Å². The number of amides is 1. The smallest absolute Gasteiger partial charge is 0.271 e. The van der Waals surface area contributed by atoms with E-state index in [1.165, 1.54) is 11.3 Å². The summed E-state index contributed by atoms with van der Waals surface area (Å²) in [5.74, 6) is -0.220. The van der Waals surface area contributed by atoms with E-state index in [4.69, 9.17) is 8.61 Å². The Hall–Kier alpha value is -1.01. The van der Waals surface area contributed by atoms with Crippen molar-refractivity contribution in [3.63, 3.8) is 0 Å². The third kappa shape index (κ3) is 6.74. The Morgan fingerprint density at radius 1 is 1.41 bits per heavy atom. The van der Waals surface area contributed by atoms with Crippen LogP contribution < -0.4 is 10.2 Å². The van der Waals surface area contributed by atoms with Gasteiger partial charge >= 0.3 is 0 Å². The Morgan fingerprint density at radius 3 is 2.55 bits per heavy atom. The van der Waals surface area contributed by atoms with Crippen LogP contribution in [0.3, 0.4) is 0 Å². The Bertz CT molecular complexity index is 814. The highest BCUT2D eigenvalue weighted by Crippen LogP contribution is 2.36. The van der Waals surface area contributed by atoms with Crippen LogP contribution in [0.2, 0.25) is 18.1 Å². The van der Waals surface area contributed by atoms with Gasteiger partial charge in [0.1, 0.15) is 11.8 Å². The standard InChI is InChI=1S/C18H33N3O5S2Si/c1-8-13(11-25-29(6,7)18(2,3)4)19-16(22)15-12-27-17(20-15)21-9-14(10-21)26-28(5,23)24/h12-14H,8-11H2,1-7H3,(H,19,22). The van der Waals surface area contributed by atoms with E-state index in [2.05, 4.69) is 44.2 Å². The van der Waals surface area contributed by atoms with Crippen LogP contribution in [0.15, 0.2) is 5.38 Å². The van der Waals surface area contributed by atoms with Gasteiger partial charge in [-0.15, -0.1) is 11.3 Å². The zero-order valence-corrected chi connectivity index (χ0v) is 20.9. The predicted molar refractivity (Wildman–Crippen MR) is 119 cm³/mol. The third-order valence-electron chi connectivity index (χ3n) is 5.43. The molecule has 1 aliphatic rings. The van der Waals surface area contributed by atoms with E-state index < -0.39 is 18.4 Å². The molecule has 1 aromatic heterocycles. The number of thiazole rings is 1. The number of hydrogen-bond acceptors (Lipinski definition) is 8. The van der Waals surface area contributed by atoms with Crippen LogP contribution in [0.4, 0.5) is 5.13 Å². The number of nitrogens with one attached hydrogen (secondary N) is 1. The van der Waals surface area contributed by atoms with Crippen molar-refractivity contribution < 1.29 is 21.8 Å². The van der Waals surface area contributed by atoms with E-state index in [9.17, 15) is 13.2 Å². The van der Waals surface area contributed by atoms with Crippen molar-refractivity contribution in [2.45, 2.75) is 64.4 Å². The minimum absolute atomic E-state index is 0.0710. The fraction of sp³-hybridized carbons (Fsp3) is 0.778. The summed E-state index contributed by atoms with van der Waals surface area (Å²) in [5.41, 5.74) is 0.364. The molecule has 29 heavy (non-hydrogen) atoms. The zero-order chi connectivity index (χ0) is 22.0. The molecule has 1 unspecified atom stereocenters. The van der Waals surface area contributed by atoms with Crippen LogP contribution in [0.25, 0.3) is 0 Å². The summed E-state index contributed by atoms with van der Waals surface area (Å²) >= 11 is 1.36. The molecule has 1 amide bonds. The highest BCUT2D eigenvalue weighted by atomic mass is 32.2. The van der Waals surface area contributed by atoms with E-state index in [-0.39, 0.29) is 23.1 Å². The largest absolute Gasteiger partial charge is 0.415 e. The normalized spacial score (nSPS) is 17.1. The Morgan fingerprint density at radius 2 is 2.03 bits per heavy atom. The summed E-state index contributed by atoms with van der Waals surface area (Å²) in [4.78, 5) is 18.9. The maximum atomic E-state index is 12.6. The molecule has 0 saturated carbocycles. The predicted octanol–water partition coefficient (Wildman–Crippen LogP) is 2.84. The molecule has 8 nitrogen and oxygen atoms in total. The fourth-order valence-corrected chi connectivity index (χ4v) is 4.96. The molecule has 2 heterocycles. The van der Waals surface area contributed by atoms with Gasteiger partial charge in [-0.05, 0) is 24.6 Å². The number of anilines is 1. The first-order chi connectivity index (χ1) is 13.2. The van der Waals surface area contributed by atoms with Crippen molar-refractivity contribution in [1.82, 2.24) is 10.3 Å². The maximum absolute atomic E-state index is 12.6. The van der Waals surface area contributed by atoms with Gasteiger partial charge in [-0.1, -0.05) is 27.7 Å². The van der Waals surface area contributed by atoms with Gasteiger partial charge in [-0.3, -0.25) is 8.98 Å². The lowest BCUT2D eigenvalue weighted by molar-refractivity contribution is 0.0913. The minimum atomic E-state index is -3.46. The summed E-state index contributed by atoms with van der Waals surface area (Å²) in [6.07, 6.45) is 1.46. The second-order valence-corrected chi connectivity index (χ2v) is 16.2. The number of carbonyl (C=O) groups excluding carboxylic acids is 1. The lowest BCUT2D eigenvalue weighted by atomic mass is 10.2. The van der Waals surface area contributed by atoms with E-state index in [1.54, 1.807) is 5.38 Å². The minimum Gasteiger partial charge on any atom is -0.415 e. The van der Waals surface area contributed by atoms with Gasteiger partial charge in [0.05, 0.1) is 18.9 Å². The summed E-state index contributed by atoms with van der Waals surface area (Å²) in [5, 5.41) is 5.54. The molecular weight excluding hydrogens is 430 g/mol. The Balaban J connectivity index is 1.88. The van der Waals surface area contributed by atoms with Crippen LogP contribution in [0.5, 0.6) is 0 Å². The molecule has 1 aliphatic heterocycles. The molecule has 0 spiro atoms.